The second kappa shape index (κ2) is 7.08. The van der Waals surface area contributed by atoms with Crippen molar-refractivity contribution >= 4 is 39.9 Å². The number of amides is 3. The lowest BCUT2D eigenvalue weighted by molar-refractivity contribution is -0.118. The van der Waals surface area contributed by atoms with Crippen molar-refractivity contribution in [3.63, 3.8) is 0 Å². The maximum Gasteiger partial charge on any atom is 0.324 e. The molecule has 0 saturated carbocycles. The topological polar surface area (TPSA) is 118 Å². The summed E-state index contributed by atoms with van der Waals surface area (Å²) in [4.78, 5) is 29.8. The number of thiazole rings is 1. The summed E-state index contributed by atoms with van der Waals surface area (Å²) < 4.78 is 1.37. The molecule has 1 aliphatic rings. The van der Waals surface area contributed by atoms with Gasteiger partial charge < -0.3 is 16.0 Å². The lowest BCUT2D eigenvalue weighted by Crippen LogP contribution is -2.22. The molecular formula is C17H17N7O2S. The monoisotopic (exact) mass is 383 g/mol. The van der Waals surface area contributed by atoms with Crippen LogP contribution in [0.25, 0.3) is 0 Å². The van der Waals surface area contributed by atoms with Gasteiger partial charge in [-0.15, -0.1) is 11.3 Å². The molecule has 2 aromatic heterocycles. The van der Waals surface area contributed by atoms with E-state index in [1.807, 2.05) is 17.5 Å². The minimum Gasteiger partial charge on any atom is -0.368 e. The fourth-order valence-electron chi connectivity index (χ4n) is 2.99. The van der Waals surface area contributed by atoms with E-state index in [4.69, 9.17) is 5.73 Å². The van der Waals surface area contributed by atoms with E-state index in [1.54, 1.807) is 29.8 Å². The summed E-state index contributed by atoms with van der Waals surface area (Å²) >= 11 is 1.59. The number of hydrogen-bond acceptors (Lipinski definition) is 6. The summed E-state index contributed by atoms with van der Waals surface area (Å²) in [6.07, 6.45) is 3.36. The number of primary amides is 1. The fourth-order valence-corrected chi connectivity index (χ4v) is 3.64. The van der Waals surface area contributed by atoms with Crippen LogP contribution in [0.5, 0.6) is 0 Å². The fraction of sp³-hybridized carbons (Fsp3) is 0.176. The summed E-state index contributed by atoms with van der Waals surface area (Å²) in [6, 6.07) is 7.04. The molecule has 27 heavy (non-hydrogen) atoms. The summed E-state index contributed by atoms with van der Waals surface area (Å²) in [7, 11) is 0. The van der Waals surface area contributed by atoms with Gasteiger partial charge in [-0.25, -0.2) is 9.78 Å². The average molecular weight is 383 g/mol. The van der Waals surface area contributed by atoms with Crippen LogP contribution in [-0.4, -0.2) is 26.7 Å². The van der Waals surface area contributed by atoms with Crippen LogP contribution < -0.4 is 21.3 Å². The van der Waals surface area contributed by atoms with Gasteiger partial charge in [0.15, 0.2) is 10.9 Å². The predicted molar refractivity (Wildman–Crippen MR) is 103 cm³/mol. The van der Waals surface area contributed by atoms with Crippen molar-refractivity contribution in [2.75, 3.05) is 15.5 Å². The summed E-state index contributed by atoms with van der Waals surface area (Å²) in [5, 5.41) is 12.5. The standard InChI is InChI=1S/C17H17N7O2S/c18-14(25)10-24-6-4-15(22-24)21-16(26)20-13-3-1-2-11-8-23(9-12(11)13)17-19-5-7-27-17/h1-7H,8-10H2,(H2,18,25)(H2,20,21,22,26). The zero-order valence-corrected chi connectivity index (χ0v) is 15.1. The molecule has 0 aliphatic carbocycles. The maximum atomic E-state index is 12.3. The van der Waals surface area contributed by atoms with Gasteiger partial charge in [0.25, 0.3) is 0 Å². The van der Waals surface area contributed by atoms with Gasteiger partial charge >= 0.3 is 6.03 Å². The number of nitrogens with one attached hydrogen (secondary N) is 2. The van der Waals surface area contributed by atoms with E-state index in [-0.39, 0.29) is 6.54 Å². The molecule has 1 aliphatic heterocycles. The number of carbonyl (C=O) groups is 2. The van der Waals surface area contributed by atoms with Crippen LogP contribution in [0, 0.1) is 0 Å². The molecule has 9 nitrogen and oxygen atoms in total. The van der Waals surface area contributed by atoms with Gasteiger partial charge in [-0.2, -0.15) is 5.10 Å². The van der Waals surface area contributed by atoms with Crippen LogP contribution in [0.3, 0.4) is 0 Å². The summed E-state index contributed by atoms with van der Waals surface area (Å²) in [6.45, 7) is 1.41. The zero-order valence-electron chi connectivity index (χ0n) is 14.3. The summed E-state index contributed by atoms with van der Waals surface area (Å²) in [5.74, 6) is -0.163. The molecule has 0 unspecified atom stereocenters. The quantitative estimate of drug-likeness (QED) is 0.623. The first-order valence-corrected chi connectivity index (χ1v) is 9.11. The minimum atomic E-state index is -0.501. The van der Waals surface area contributed by atoms with Crippen LogP contribution in [0.15, 0.2) is 42.0 Å². The van der Waals surface area contributed by atoms with E-state index in [2.05, 4.69) is 31.7 Å². The first-order valence-electron chi connectivity index (χ1n) is 8.23. The molecule has 3 aromatic rings. The smallest absolute Gasteiger partial charge is 0.324 e. The number of fused-ring (bicyclic) bond motifs is 1. The molecule has 4 rings (SSSR count). The second-order valence-electron chi connectivity index (χ2n) is 6.06. The van der Waals surface area contributed by atoms with Gasteiger partial charge in [-0.05, 0) is 11.6 Å². The molecule has 0 bridgehead atoms. The Bertz CT molecular complexity index is 983. The van der Waals surface area contributed by atoms with Crippen LogP contribution in [0.2, 0.25) is 0 Å². The van der Waals surface area contributed by atoms with Gasteiger partial charge in [-0.1, -0.05) is 12.1 Å². The highest BCUT2D eigenvalue weighted by atomic mass is 32.1. The number of aromatic nitrogens is 3. The highest BCUT2D eigenvalue weighted by Gasteiger charge is 2.24. The number of benzene rings is 1. The number of carbonyl (C=O) groups excluding carboxylic acids is 2. The second-order valence-corrected chi connectivity index (χ2v) is 6.93. The maximum absolute atomic E-state index is 12.3. The van der Waals surface area contributed by atoms with Crippen LogP contribution in [-0.2, 0) is 24.4 Å². The first kappa shape index (κ1) is 17.0. The largest absolute Gasteiger partial charge is 0.368 e. The van der Waals surface area contributed by atoms with Gasteiger partial charge in [0.1, 0.15) is 6.54 Å². The van der Waals surface area contributed by atoms with E-state index in [9.17, 15) is 9.59 Å². The average Bonchev–Trinajstić information content (AvgIpc) is 3.34. The number of nitrogens with two attached hydrogens (primary N) is 1. The van der Waals surface area contributed by atoms with E-state index in [1.165, 1.54) is 4.68 Å². The lowest BCUT2D eigenvalue weighted by atomic mass is 10.1. The Hall–Kier alpha value is -3.40. The Labute approximate surface area is 158 Å². The van der Waals surface area contributed by atoms with Gasteiger partial charge in [-0.3, -0.25) is 14.8 Å². The van der Waals surface area contributed by atoms with Gasteiger partial charge in [0.2, 0.25) is 5.91 Å². The molecule has 0 atom stereocenters. The third kappa shape index (κ3) is 3.75. The minimum absolute atomic E-state index is 0.0396. The first-order chi connectivity index (χ1) is 13.1. The molecular weight excluding hydrogens is 366 g/mol. The zero-order chi connectivity index (χ0) is 18.8. The normalized spacial score (nSPS) is 12.7. The number of urea groups is 1. The molecule has 1 aromatic carbocycles. The van der Waals surface area contributed by atoms with Crippen molar-refractivity contribution < 1.29 is 9.59 Å². The van der Waals surface area contributed by atoms with E-state index in [0.29, 0.717) is 12.4 Å². The van der Waals surface area contributed by atoms with Crippen LogP contribution >= 0.6 is 11.3 Å². The molecule has 4 N–H and O–H groups in total. The highest BCUT2D eigenvalue weighted by Crippen LogP contribution is 2.33. The van der Waals surface area contributed by atoms with Crippen molar-refractivity contribution in [2.24, 2.45) is 5.73 Å². The molecule has 3 amide bonds. The van der Waals surface area contributed by atoms with Crippen molar-refractivity contribution in [1.82, 2.24) is 14.8 Å². The van der Waals surface area contributed by atoms with Crippen molar-refractivity contribution in [2.45, 2.75) is 19.6 Å². The molecule has 0 saturated heterocycles. The Morgan fingerprint density at radius 1 is 1.22 bits per heavy atom. The Balaban J connectivity index is 1.43. The van der Waals surface area contributed by atoms with E-state index in [0.717, 1.165) is 28.5 Å². The Kier molecular flexibility index (Phi) is 4.47. The third-order valence-electron chi connectivity index (χ3n) is 4.12. The number of anilines is 3. The van der Waals surface area contributed by atoms with Crippen molar-refractivity contribution in [3.05, 3.63) is 53.2 Å². The Morgan fingerprint density at radius 2 is 2.11 bits per heavy atom. The molecule has 0 radical (unpaired) electrons. The predicted octanol–water partition coefficient (Wildman–Crippen LogP) is 1.99. The molecule has 0 fully saturated rings. The highest BCUT2D eigenvalue weighted by molar-refractivity contribution is 7.13. The molecule has 0 spiro atoms. The van der Waals surface area contributed by atoms with Crippen molar-refractivity contribution in [1.29, 1.82) is 0 Å². The molecule has 3 heterocycles. The van der Waals surface area contributed by atoms with Crippen molar-refractivity contribution in [3.8, 4) is 0 Å². The van der Waals surface area contributed by atoms with E-state index < -0.39 is 11.9 Å². The van der Waals surface area contributed by atoms with E-state index >= 15 is 0 Å². The number of nitrogens with zero attached hydrogens (tertiary/aromatic N) is 4. The molecule has 138 valence electrons. The third-order valence-corrected chi connectivity index (χ3v) is 4.95. The summed E-state index contributed by atoms with van der Waals surface area (Å²) in [5.41, 5.74) is 8.11. The molecule has 10 heteroatoms. The van der Waals surface area contributed by atoms with Crippen LogP contribution in [0.4, 0.5) is 21.4 Å². The van der Waals surface area contributed by atoms with Gasteiger partial charge in [0, 0.05) is 48.2 Å². The van der Waals surface area contributed by atoms with Crippen LogP contribution in [0.1, 0.15) is 11.1 Å². The Morgan fingerprint density at radius 3 is 2.89 bits per heavy atom. The SMILES string of the molecule is NC(=O)Cn1ccc(NC(=O)Nc2cccc3c2CN(c2nccs2)C3)n1. The lowest BCUT2D eigenvalue weighted by Gasteiger charge is -2.13. The number of rotatable bonds is 5. The van der Waals surface area contributed by atoms with Gasteiger partial charge in [0.05, 0.1) is 0 Å². The number of hydrogen-bond donors (Lipinski definition) is 3.